The van der Waals surface area contributed by atoms with Crippen molar-refractivity contribution >= 4 is 0 Å². The monoisotopic (exact) mass is 279 g/mol. The first kappa shape index (κ1) is 17.2. The molecular formula is C17H33N3. The molecule has 0 spiro atoms. The van der Waals surface area contributed by atoms with Crippen molar-refractivity contribution in [3.8, 4) is 0 Å². The maximum atomic E-state index is 4.72. The van der Waals surface area contributed by atoms with Crippen LogP contribution in [0.25, 0.3) is 0 Å². The molecule has 0 bridgehead atoms. The zero-order valence-electron chi connectivity index (χ0n) is 14.0. The first-order valence-electron chi connectivity index (χ1n) is 8.44. The molecule has 1 heterocycles. The lowest BCUT2D eigenvalue weighted by Gasteiger charge is -2.06. The zero-order valence-corrected chi connectivity index (χ0v) is 14.0. The van der Waals surface area contributed by atoms with Crippen molar-refractivity contribution in [1.29, 1.82) is 0 Å². The minimum absolute atomic E-state index is 1.07. The van der Waals surface area contributed by atoms with Crippen LogP contribution in [0.1, 0.15) is 69.3 Å². The lowest BCUT2D eigenvalue weighted by Crippen LogP contribution is -2.18. The third-order valence-corrected chi connectivity index (χ3v) is 3.98. The predicted molar refractivity (Wildman–Crippen MR) is 87.3 cm³/mol. The van der Waals surface area contributed by atoms with Crippen LogP contribution >= 0.6 is 0 Å². The Morgan fingerprint density at radius 2 is 1.70 bits per heavy atom. The molecule has 116 valence electrons. The van der Waals surface area contributed by atoms with Gasteiger partial charge in [0.25, 0.3) is 0 Å². The average molecular weight is 279 g/mol. The minimum Gasteiger partial charge on any atom is -0.316 e. The van der Waals surface area contributed by atoms with Gasteiger partial charge in [0.15, 0.2) is 0 Å². The molecule has 1 aromatic rings. The van der Waals surface area contributed by atoms with Crippen LogP contribution in [0.3, 0.4) is 0 Å². The summed E-state index contributed by atoms with van der Waals surface area (Å²) in [4.78, 5) is 0. The summed E-state index contributed by atoms with van der Waals surface area (Å²) in [5.74, 6) is 0. The SMILES string of the molecule is CCCCCCCn1nc(C)c(CCNCCC)c1C. The Kier molecular flexibility index (Phi) is 8.59. The van der Waals surface area contributed by atoms with Crippen LogP contribution in [-0.4, -0.2) is 22.9 Å². The van der Waals surface area contributed by atoms with Crippen LogP contribution in [-0.2, 0) is 13.0 Å². The van der Waals surface area contributed by atoms with E-state index in [9.17, 15) is 0 Å². The molecule has 0 aliphatic heterocycles. The van der Waals surface area contributed by atoms with E-state index in [2.05, 4.69) is 37.7 Å². The Hall–Kier alpha value is -0.830. The van der Waals surface area contributed by atoms with Gasteiger partial charge >= 0.3 is 0 Å². The highest BCUT2D eigenvalue weighted by Gasteiger charge is 2.10. The Morgan fingerprint density at radius 1 is 0.950 bits per heavy atom. The molecule has 0 saturated carbocycles. The fourth-order valence-electron chi connectivity index (χ4n) is 2.69. The summed E-state index contributed by atoms with van der Waals surface area (Å²) in [6.45, 7) is 12.1. The molecule has 0 radical (unpaired) electrons. The van der Waals surface area contributed by atoms with E-state index in [1.165, 1.54) is 55.5 Å². The van der Waals surface area contributed by atoms with Gasteiger partial charge in [-0.3, -0.25) is 4.68 Å². The van der Waals surface area contributed by atoms with Crippen molar-refractivity contribution in [1.82, 2.24) is 15.1 Å². The van der Waals surface area contributed by atoms with Gasteiger partial charge < -0.3 is 5.32 Å². The molecular weight excluding hydrogens is 246 g/mol. The van der Waals surface area contributed by atoms with Gasteiger partial charge in [-0.15, -0.1) is 0 Å². The summed E-state index contributed by atoms with van der Waals surface area (Å²) < 4.78 is 2.22. The van der Waals surface area contributed by atoms with E-state index in [0.29, 0.717) is 0 Å². The highest BCUT2D eigenvalue weighted by Crippen LogP contribution is 2.14. The summed E-state index contributed by atoms with van der Waals surface area (Å²) >= 11 is 0. The second-order valence-electron chi connectivity index (χ2n) is 5.79. The van der Waals surface area contributed by atoms with Crippen molar-refractivity contribution < 1.29 is 0 Å². The van der Waals surface area contributed by atoms with E-state index in [1.807, 2.05) is 0 Å². The molecule has 1 N–H and O–H groups in total. The first-order valence-corrected chi connectivity index (χ1v) is 8.44. The van der Waals surface area contributed by atoms with Gasteiger partial charge in [-0.25, -0.2) is 0 Å². The van der Waals surface area contributed by atoms with Crippen LogP contribution < -0.4 is 5.32 Å². The Morgan fingerprint density at radius 3 is 2.40 bits per heavy atom. The topological polar surface area (TPSA) is 29.9 Å². The molecule has 0 aromatic carbocycles. The summed E-state index contributed by atoms with van der Waals surface area (Å²) in [7, 11) is 0. The Bertz CT molecular complexity index is 369. The minimum atomic E-state index is 1.07. The number of nitrogens with one attached hydrogen (secondary N) is 1. The second-order valence-corrected chi connectivity index (χ2v) is 5.79. The predicted octanol–water partition coefficient (Wildman–Crippen LogP) is 4.01. The van der Waals surface area contributed by atoms with Crippen molar-refractivity contribution in [2.24, 2.45) is 0 Å². The molecule has 0 aliphatic rings. The molecule has 0 fully saturated rings. The van der Waals surface area contributed by atoms with E-state index in [-0.39, 0.29) is 0 Å². The number of unbranched alkanes of at least 4 members (excludes halogenated alkanes) is 4. The zero-order chi connectivity index (χ0) is 14.8. The van der Waals surface area contributed by atoms with Gasteiger partial charge in [0.2, 0.25) is 0 Å². The van der Waals surface area contributed by atoms with Gasteiger partial charge in [-0.05, 0) is 51.8 Å². The summed E-state index contributed by atoms with van der Waals surface area (Å²) in [6.07, 6.45) is 8.95. The normalized spacial score (nSPS) is 11.2. The van der Waals surface area contributed by atoms with Gasteiger partial charge in [-0.1, -0.05) is 39.5 Å². The summed E-state index contributed by atoms with van der Waals surface area (Å²) in [6, 6.07) is 0. The van der Waals surface area contributed by atoms with Crippen LogP contribution in [0.2, 0.25) is 0 Å². The summed E-state index contributed by atoms with van der Waals surface area (Å²) in [5, 5.41) is 8.19. The molecule has 0 atom stereocenters. The van der Waals surface area contributed by atoms with Gasteiger partial charge in [0, 0.05) is 12.2 Å². The number of aryl methyl sites for hydroxylation is 2. The second kappa shape index (κ2) is 9.98. The standard InChI is InChI=1S/C17H33N3/c1-5-7-8-9-10-14-20-16(4)17(15(3)19-20)11-13-18-12-6-2/h18H,5-14H2,1-4H3. The largest absolute Gasteiger partial charge is 0.316 e. The number of hydrogen-bond acceptors (Lipinski definition) is 2. The number of rotatable bonds is 11. The van der Waals surface area contributed by atoms with E-state index >= 15 is 0 Å². The van der Waals surface area contributed by atoms with Crippen molar-refractivity contribution in [3.05, 3.63) is 17.0 Å². The number of nitrogens with zero attached hydrogens (tertiary/aromatic N) is 2. The van der Waals surface area contributed by atoms with E-state index in [1.54, 1.807) is 0 Å². The molecule has 20 heavy (non-hydrogen) atoms. The average Bonchev–Trinajstić information content (AvgIpc) is 2.70. The third kappa shape index (κ3) is 5.66. The Labute approximate surface area is 125 Å². The van der Waals surface area contributed by atoms with E-state index < -0.39 is 0 Å². The van der Waals surface area contributed by atoms with Crippen LogP contribution in [0.15, 0.2) is 0 Å². The molecule has 0 aliphatic carbocycles. The molecule has 0 saturated heterocycles. The lowest BCUT2D eigenvalue weighted by molar-refractivity contribution is 0.522. The van der Waals surface area contributed by atoms with Crippen molar-refractivity contribution in [2.45, 2.75) is 79.2 Å². The number of hydrogen-bond donors (Lipinski definition) is 1. The Balaban J connectivity index is 2.40. The highest BCUT2D eigenvalue weighted by atomic mass is 15.3. The lowest BCUT2D eigenvalue weighted by atomic mass is 10.1. The summed E-state index contributed by atoms with van der Waals surface area (Å²) in [5.41, 5.74) is 4.04. The van der Waals surface area contributed by atoms with Crippen molar-refractivity contribution in [3.63, 3.8) is 0 Å². The highest BCUT2D eigenvalue weighted by molar-refractivity contribution is 5.24. The van der Waals surface area contributed by atoms with Gasteiger partial charge in [0.05, 0.1) is 5.69 Å². The van der Waals surface area contributed by atoms with Crippen LogP contribution in [0.4, 0.5) is 0 Å². The molecule has 3 nitrogen and oxygen atoms in total. The molecule has 3 heteroatoms. The van der Waals surface area contributed by atoms with E-state index in [0.717, 1.165) is 26.1 Å². The molecule has 0 amide bonds. The fourth-order valence-corrected chi connectivity index (χ4v) is 2.69. The maximum absolute atomic E-state index is 4.72. The van der Waals surface area contributed by atoms with Crippen molar-refractivity contribution in [2.75, 3.05) is 13.1 Å². The molecule has 0 unspecified atom stereocenters. The van der Waals surface area contributed by atoms with Gasteiger partial charge in [-0.2, -0.15) is 5.10 Å². The number of aromatic nitrogens is 2. The molecule has 1 rings (SSSR count). The molecule has 1 aromatic heterocycles. The smallest absolute Gasteiger partial charge is 0.0628 e. The van der Waals surface area contributed by atoms with E-state index in [4.69, 9.17) is 5.10 Å². The quantitative estimate of drug-likeness (QED) is 0.620. The third-order valence-electron chi connectivity index (χ3n) is 3.98. The fraction of sp³-hybridized carbons (Fsp3) is 0.824. The van der Waals surface area contributed by atoms with Gasteiger partial charge in [0.1, 0.15) is 0 Å². The maximum Gasteiger partial charge on any atom is 0.0628 e. The van der Waals surface area contributed by atoms with Crippen LogP contribution in [0.5, 0.6) is 0 Å². The first-order chi connectivity index (χ1) is 9.70. The van der Waals surface area contributed by atoms with Crippen LogP contribution in [0, 0.1) is 13.8 Å².